The summed E-state index contributed by atoms with van der Waals surface area (Å²) in [4.78, 5) is 0. The Labute approximate surface area is 117 Å². The highest BCUT2D eigenvalue weighted by Crippen LogP contribution is 2.36. The van der Waals surface area contributed by atoms with Crippen LogP contribution in [0.4, 0.5) is 0 Å². The van der Waals surface area contributed by atoms with Crippen molar-refractivity contribution in [2.45, 2.75) is 20.4 Å². The number of hydrogen-bond donors (Lipinski definition) is 1. The van der Waals surface area contributed by atoms with Crippen LogP contribution in [-0.4, -0.2) is 19.8 Å². The molecule has 0 bridgehead atoms. The minimum Gasteiger partial charge on any atom is -0.490 e. The molecule has 0 unspecified atom stereocenters. The quantitative estimate of drug-likeness (QED) is 0.785. The first-order valence-electron chi connectivity index (χ1n) is 5.95. The number of terminal acetylenes is 1. The van der Waals surface area contributed by atoms with E-state index in [1.165, 1.54) is 0 Å². The van der Waals surface area contributed by atoms with Crippen molar-refractivity contribution in [3.05, 3.63) is 22.2 Å². The van der Waals surface area contributed by atoms with E-state index in [-0.39, 0.29) is 6.61 Å². The van der Waals surface area contributed by atoms with Crippen molar-refractivity contribution in [1.82, 2.24) is 5.32 Å². The summed E-state index contributed by atoms with van der Waals surface area (Å²) in [5.41, 5.74) is 1.14. The zero-order valence-electron chi connectivity index (χ0n) is 10.8. The lowest BCUT2D eigenvalue weighted by Crippen LogP contribution is -2.12. The minimum absolute atomic E-state index is 0.227. The molecule has 1 N–H and O–H groups in total. The average Bonchev–Trinajstić information content (AvgIpc) is 2.36. The van der Waals surface area contributed by atoms with Gasteiger partial charge in [0.1, 0.15) is 6.61 Å². The van der Waals surface area contributed by atoms with Crippen molar-refractivity contribution in [3.63, 3.8) is 0 Å². The first kappa shape index (κ1) is 14.9. The molecule has 0 heterocycles. The predicted octanol–water partition coefficient (Wildman–Crippen LogP) is 2.97. The summed E-state index contributed by atoms with van der Waals surface area (Å²) in [6, 6.07) is 3.99. The summed E-state index contributed by atoms with van der Waals surface area (Å²) >= 11 is 3.49. The van der Waals surface area contributed by atoms with Crippen molar-refractivity contribution in [2.75, 3.05) is 19.8 Å². The van der Waals surface area contributed by atoms with Crippen LogP contribution in [0, 0.1) is 12.3 Å². The van der Waals surface area contributed by atoms with Crippen LogP contribution in [0.2, 0.25) is 0 Å². The van der Waals surface area contributed by atoms with Crippen LogP contribution < -0.4 is 14.8 Å². The van der Waals surface area contributed by atoms with Gasteiger partial charge < -0.3 is 14.8 Å². The molecule has 0 aliphatic heterocycles. The fraction of sp³-hybridized carbons (Fsp3) is 0.429. The van der Waals surface area contributed by atoms with Gasteiger partial charge in [-0.3, -0.25) is 0 Å². The SMILES string of the molecule is C#CCOc1c(Br)cc(CNCC)cc1OCC. The normalized spacial score (nSPS) is 9.89. The van der Waals surface area contributed by atoms with E-state index >= 15 is 0 Å². The second kappa shape index (κ2) is 8.02. The molecular weight excluding hydrogens is 294 g/mol. The average molecular weight is 312 g/mol. The fourth-order valence-electron chi connectivity index (χ4n) is 1.51. The highest BCUT2D eigenvalue weighted by molar-refractivity contribution is 9.10. The molecule has 0 fully saturated rings. The van der Waals surface area contributed by atoms with Gasteiger partial charge in [-0.25, -0.2) is 0 Å². The van der Waals surface area contributed by atoms with E-state index in [1.54, 1.807) is 0 Å². The predicted molar refractivity (Wildman–Crippen MR) is 77.0 cm³/mol. The molecule has 3 nitrogen and oxygen atoms in total. The molecular formula is C14H18BrNO2. The van der Waals surface area contributed by atoms with E-state index in [2.05, 4.69) is 34.1 Å². The van der Waals surface area contributed by atoms with Gasteiger partial charge in [0.15, 0.2) is 11.5 Å². The topological polar surface area (TPSA) is 30.5 Å². The Kier molecular flexibility index (Phi) is 6.63. The van der Waals surface area contributed by atoms with Crippen molar-refractivity contribution in [3.8, 4) is 23.8 Å². The lowest BCUT2D eigenvalue weighted by Gasteiger charge is -2.14. The van der Waals surface area contributed by atoms with E-state index < -0.39 is 0 Å². The Morgan fingerprint density at radius 2 is 2.11 bits per heavy atom. The molecule has 1 aromatic rings. The number of rotatable bonds is 7. The summed E-state index contributed by atoms with van der Waals surface area (Å²) < 4.78 is 11.9. The highest BCUT2D eigenvalue weighted by atomic mass is 79.9. The molecule has 0 aromatic heterocycles. The standard InChI is InChI=1S/C14H18BrNO2/c1-4-7-18-14-12(15)8-11(10-16-5-2)9-13(14)17-6-3/h1,8-9,16H,5-7,10H2,2-3H3. The molecule has 0 aliphatic rings. The summed E-state index contributed by atoms with van der Waals surface area (Å²) in [6.07, 6.45) is 5.20. The molecule has 4 heteroatoms. The third-order valence-corrected chi connectivity index (χ3v) is 2.84. The largest absolute Gasteiger partial charge is 0.490 e. The van der Waals surface area contributed by atoms with Crippen LogP contribution in [0.1, 0.15) is 19.4 Å². The van der Waals surface area contributed by atoms with Crippen LogP contribution in [0.15, 0.2) is 16.6 Å². The molecule has 1 aromatic carbocycles. The molecule has 0 amide bonds. The number of benzene rings is 1. The fourth-order valence-corrected chi connectivity index (χ4v) is 2.11. The van der Waals surface area contributed by atoms with Crippen LogP contribution in [0.25, 0.3) is 0 Å². The summed E-state index contributed by atoms with van der Waals surface area (Å²) in [7, 11) is 0. The van der Waals surface area contributed by atoms with Gasteiger partial charge in [-0.15, -0.1) is 6.42 Å². The van der Waals surface area contributed by atoms with Gasteiger partial charge >= 0.3 is 0 Å². The maximum atomic E-state index is 5.58. The molecule has 18 heavy (non-hydrogen) atoms. The van der Waals surface area contributed by atoms with Gasteiger partial charge in [0.2, 0.25) is 0 Å². The van der Waals surface area contributed by atoms with E-state index in [0.717, 1.165) is 28.9 Å². The van der Waals surface area contributed by atoms with Gasteiger partial charge in [-0.2, -0.15) is 0 Å². The van der Waals surface area contributed by atoms with Gasteiger partial charge in [0.05, 0.1) is 11.1 Å². The van der Waals surface area contributed by atoms with Crippen LogP contribution >= 0.6 is 15.9 Å². The van der Waals surface area contributed by atoms with Crippen molar-refractivity contribution >= 4 is 15.9 Å². The summed E-state index contributed by atoms with van der Waals surface area (Å²) in [5.74, 6) is 3.83. The maximum absolute atomic E-state index is 5.58. The van der Waals surface area contributed by atoms with Gasteiger partial charge in [0.25, 0.3) is 0 Å². The second-order valence-electron chi connectivity index (χ2n) is 3.61. The number of ether oxygens (including phenoxy) is 2. The zero-order chi connectivity index (χ0) is 13.4. The molecule has 0 aliphatic carbocycles. The lowest BCUT2D eigenvalue weighted by molar-refractivity contribution is 0.297. The second-order valence-corrected chi connectivity index (χ2v) is 4.47. The Morgan fingerprint density at radius 3 is 2.72 bits per heavy atom. The van der Waals surface area contributed by atoms with Gasteiger partial charge in [0, 0.05) is 6.54 Å². The van der Waals surface area contributed by atoms with Gasteiger partial charge in [-0.1, -0.05) is 12.8 Å². The van der Waals surface area contributed by atoms with Crippen LogP contribution in [0.3, 0.4) is 0 Å². The first-order chi connectivity index (χ1) is 8.72. The van der Waals surface area contributed by atoms with Crippen molar-refractivity contribution < 1.29 is 9.47 Å². The molecule has 0 saturated heterocycles. The number of nitrogens with one attached hydrogen (secondary N) is 1. The van der Waals surface area contributed by atoms with E-state index in [9.17, 15) is 0 Å². The third kappa shape index (κ3) is 4.25. The summed E-state index contributed by atoms with van der Waals surface area (Å²) in [5, 5.41) is 3.27. The molecule has 98 valence electrons. The Balaban J connectivity index is 2.98. The first-order valence-corrected chi connectivity index (χ1v) is 6.74. The lowest BCUT2D eigenvalue weighted by atomic mass is 10.2. The smallest absolute Gasteiger partial charge is 0.176 e. The molecule has 0 atom stereocenters. The van der Waals surface area contributed by atoms with E-state index in [4.69, 9.17) is 15.9 Å². The Bertz CT molecular complexity index is 427. The number of halogens is 1. The van der Waals surface area contributed by atoms with Crippen LogP contribution in [-0.2, 0) is 6.54 Å². The Morgan fingerprint density at radius 1 is 1.33 bits per heavy atom. The zero-order valence-corrected chi connectivity index (χ0v) is 12.3. The van der Waals surface area contributed by atoms with E-state index in [0.29, 0.717) is 12.4 Å². The molecule has 0 spiro atoms. The van der Waals surface area contributed by atoms with E-state index in [1.807, 2.05) is 19.1 Å². The minimum atomic E-state index is 0.227. The van der Waals surface area contributed by atoms with Crippen molar-refractivity contribution in [1.29, 1.82) is 0 Å². The third-order valence-electron chi connectivity index (χ3n) is 2.25. The molecule has 1 rings (SSSR count). The van der Waals surface area contributed by atoms with Crippen LogP contribution in [0.5, 0.6) is 11.5 Å². The van der Waals surface area contributed by atoms with Gasteiger partial charge in [-0.05, 0) is 47.1 Å². The monoisotopic (exact) mass is 311 g/mol. The highest BCUT2D eigenvalue weighted by Gasteiger charge is 2.11. The van der Waals surface area contributed by atoms with Crippen molar-refractivity contribution in [2.24, 2.45) is 0 Å². The number of hydrogen-bond acceptors (Lipinski definition) is 3. The summed E-state index contributed by atoms with van der Waals surface area (Å²) in [6.45, 7) is 6.55. The maximum Gasteiger partial charge on any atom is 0.176 e. The molecule has 0 saturated carbocycles. The Hall–Kier alpha value is -1.18. The molecule has 0 radical (unpaired) electrons.